The second-order valence-corrected chi connectivity index (χ2v) is 3.02. The molecular weight excluding hydrogens is 180 g/mol. The lowest BCUT2D eigenvalue weighted by atomic mass is 10.1. The topological polar surface area (TPSA) is 72.9 Å². The Morgan fingerprint density at radius 1 is 1.57 bits per heavy atom. The SMILES string of the molecule is Cn1ncc2ccc(C(=O)NN)cc21. The molecule has 14 heavy (non-hydrogen) atoms. The lowest BCUT2D eigenvalue weighted by molar-refractivity contribution is 0.0954. The van der Waals surface area contributed by atoms with Crippen LogP contribution in [-0.4, -0.2) is 15.7 Å². The summed E-state index contributed by atoms with van der Waals surface area (Å²) in [5.41, 5.74) is 3.53. The molecule has 5 heteroatoms. The van der Waals surface area contributed by atoms with Crippen molar-refractivity contribution in [3.63, 3.8) is 0 Å². The molecule has 2 aromatic rings. The average molecular weight is 190 g/mol. The Bertz CT molecular complexity index is 489. The van der Waals surface area contributed by atoms with Crippen molar-refractivity contribution in [3.05, 3.63) is 30.0 Å². The summed E-state index contributed by atoms with van der Waals surface area (Å²) in [7, 11) is 1.83. The fourth-order valence-electron chi connectivity index (χ4n) is 1.37. The van der Waals surface area contributed by atoms with Gasteiger partial charge in [-0.05, 0) is 12.1 Å². The Morgan fingerprint density at radius 2 is 2.36 bits per heavy atom. The molecule has 72 valence electrons. The Morgan fingerprint density at radius 3 is 3.07 bits per heavy atom. The number of hydrogen-bond donors (Lipinski definition) is 2. The number of carbonyl (C=O) groups excluding carboxylic acids is 1. The van der Waals surface area contributed by atoms with Crippen molar-refractivity contribution < 1.29 is 4.79 Å². The van der Waals surface area contributed by atoms with Gasteiger partial charge in [0, 0.05) is 18.0 Å². The summed E-state index contributed by atoms with van der Waals surface area (Å²) in [5, 5.41) is 5.08. The van der Waals surface area contributed by atoms with Gasteiger partial charge in [0.25, 0.3) is 5.91 Å². The molecular formula is C9H10N4O. The number of aryl methyl sites for hydroxylation is 1. The van der Waals surface area contributed by atoms with Gasteiger partial charge in [-0.2, -0.15) is 5.10 Å². The van der Waals surface area contributed by atoms with Gasteiger partial charge in [0.2, 0.25) is 0 Å². The van der Waals surface area contributed by atoms with Crippen molar-refractivity contribution in [2.45, 2.75) is 0 Å². The molecule has 2 rings (SSSR count). The lowest BCUT2D eigenvalue weighted by Gasteiger charge is -2.00. The van der Waals surface area contributed by atoms with Crippen molar-refractivity contribution in [1.82, 2.24) is 15.2 Å². The van der Waals surface area contributed by atoms with Crippen LogP contribution in [-0.2, 0) is 7.05 Å². The minimum absolute atomic E-state index is 0.298. The molecule has 0 saturated heterocycles. The highest BCUT2D eigenvalue weighted by Crippen LogP contribution is 2.14. The van der Waals surface area contributed by atoms with Gasteiger partial charge in [-0.25, -0.2) is 5.84 Å². The molecule has 1 amide bonds. The van der Waals surface area contributed by atoms with Gasteiger partial charge < -0.3 is 0 Å². The maximum absolute atomic E-state index is 11.2. The number of fused-ring (bicyclic) bond motifs is 1. The van der Waals surface area contributed by atoms with E-state index in [2.05, 4.69) is 10.5 Å². The van der Waals surface area contributed by atoms with Gasteiger partial charge in [-0.3, -0.25) is 14.9 Å². The first kappa shape index (κ1) is 8.71. The van der Waals surface area contributed by atoms with Crippen LogP contribution >= 0.6 is 0 Å². The van der Waals surface area contributed by atoms with E-state index in [4.69, 9.17) is 5.84 Å². The molecule has 0 aliphatic heterocycles. The van der Waals surface area contributed by atoms with E-state index in [1.807, 2.05) is 13.1 Å². The summed E-state index contributed by atoms with van der Waals surface area (Å²) in [6.45, 7) is 0. The fraction of sp³-hybridized carbons (Fsp3) is 0.111. The van der Waals surface area contributed by atoms with Crippen LogP contribution in [0.3, 0.4) is 0 Å². The van der Waals surface area contributed by atoms with Crippen molar-refractivity contribution in [1.29, 1.82) is 0 Å². The summed E-state index contributed by atoms with van der Waals surface area (Å²) < 4.78 is 1.71. The van der Waals surface area contributed by atoms with E-state index in [9.17, 15) is 4.79 Å². The van der Waals surface area contributed by atoms with Crippen LogP contribution in [0.2, 0.25) is 0 Å². The van der Waals surface area contributed by atoms with Gasteiger partial charge in [0.15, 0.2) is 0 Å². The maximum Gasteiger partial charge on any atom is 0.265 e. The third-order valence-electron chi connectivity index (χ3n) is 2.14. The number of nitrogens with one attached hydrogen (secondary N) is 1. The predicted molar refractivity (Wildman–Crippen MR) is 52.4 cm³/mol. The highest BCUT2D eigenvalue weighted by Gasteiger charge is 2.06. The quantitative estimate of drug-likeness (QED) is 0.382. The molecule has 1 heterocycles. The molecule has 0 aliphatic carbocycles. The summed E-state index contributed by atoms with van der Waals surface area (Å²) in [4.78, 5) is 11.2. The average Bonchev–Trinajstić information content (AvgIpc) is 2.59. The summed E-state index contributed by atoms with van der Waals surface area (Å²) >= 11 is 0. The van der Waals surface area contributed by atoms with Crippen LogP contribution < -0.4 is 11.3 Å². The first-order chi connectivity index (χ1) is 6.72. The summed E-state index contributed by atoms with van der Waals surface area (Å²) in [6.07, 6.45) is 1.75. The number of nitrogens with two attached hydrogens (primary N) is 1. The number of nitrogens with zero attached hydrogens (tertiary/aromatic N) is 2. The number of carbonyl (C=O) groups is 1. The maximum atomic E-state index is 11.2. The van der Waals surface area contributed by atoms with Crippen LogP contribution in [0.25, 0.3) is 10.9 Å². The second kappa shape index (κ2) is 3.12. The Kier molecular flexibility index (Phi) is 1.94. The third kappa shape index (κ3) is 1.23. The van der Waals surface area contributed by atoms with Crippen LogP contribution in [0, 0.1) is 0 Å². The first-order valence-electron chi connectivity index (χ1n) is 4.15. The standard InChI is InChI=1S/C9H10N4O/c1-13-8-4-6(9(14)12-10)2-3-7(8)5-11-13/h2-5H,10H2,1H3,(H,12,14). The van der Waals surface area contributed by atoms with Gasteiger partial charge in [0.05, 0.1) is 11.7 Å². The molecule has 0 radical (unpaired) electrons. The smallest absolute Gasteiger partial charge is 0.265 e. The van der Waals surface area contributed by atoms with E-state index in [0.29, 0.717) is 5.56 Å². The molecule has 0 atom stereocenters. The number of hydrogen-bond acceptors (Lipinski definition) is 3. The lowest BCUT2D eigenvalue weighted by Crippen LogP contribution is -2.29. The first-order valence-corrected chi connectivity index (χ1v) is 4.15. The number of hydrazine groups is 1. The van der Waals surface area contributed by atoms with Gasteiger partial charge >= 0.3 is 0 Å². The summed E-state index contributed by atoms with van der Waals surface area (Å²) in [6, 6.07) is 5.31. The molecule has 0 spiro atoms. The van der Waals surface area contributed by atoms with Gasteiger partial charge in [0.1, 0.15) is 0 Å². The number of rotatable bonds is 1. The zero-order valence-corrected chi connectivity index (χ0v) is 7.69. The summed E-state index contributed by atoms with van der Waals surface area (Å²) in [5.74, 6) is 4.74. The minimum Gasteiger partial charge on any atom is -0.290 e. The highest BCUT2D eigenvalue weighted by molar-refractivity contribution is 5.97. The minimum atomic E-state index is -0.298. The van der Waals surface area contributed by atoms with Crippen LogP contribution in [0.15, 0.2) is 24.4 Å². The van der Waals surface area contributed by atoms with E-state index >= 15 is 0 Å². The Balaban J connectivity index is 2.60. The third-order valence-corrected chi connectivity index (χ3v) is 2.14. The number of aromatic nitrogens is 2. The van der Waals surface area contributed by atoms with Crippen molar-refractivity contribution in [2.75, 3.05) is 0 Å². The molecule has 0 fully saturated rings. The molecule has 3 N–H and O–H groups in total. The molecule has 5 nitrogen and oxygen atoms in total. The number of benzene rings is 1. The molecule has 0 bridgehead atoms. The van der Waals surface area contributed by atoms with E-state index in [0.717, 1.165) is 10.9 Å². The zero-order valence-electron chi connectivity index (χ0n) is 7.69. The molecule has 1 aromatic heterocycles. The molecule has 0 unspecified atom stereocenters. The number of amides is 1. The monoisotopic (exact) mass is 190 g/mol. The largest absolute Gasteiger partial charge is 0.290 e. The van der Waals surface area contributed by atoms with Crippen LogP contribution in [0.5, 0.6) is 0 Å². The molecule has 1 aromatic carbocycles. The zero-order chi connectivity index (χ0) is 10.1. The van der Waals surface area contributed by atoms with Gasteiger partial charge in [-0.1, -0.05) is 6.07 Å². The van der Waals surface area contributed by atoms with E-state index in [-0.39, 0.29) is 5.91 Å². The van der Waals surface area contributed by atoms with E-state index in [1.54, 1.807) is 23.0 Å². The van der Waals surface area contributed by atoms with Crippen molar-refractivity contribution in [3.8, 4) is 0 Å². The predicted octanol–water partition coefficient (Wildman–Crippen LogP) is 0.177. The van der Waals surface area contributed by atoms with Crippen LogP contribution in [0.4, 0.5) is 0 Å². The molecule has 0 aliphatic rings. The van der Waals surface area contributed by atoms with E-state index < -0.39 is 0 Å². The highest BCUT2D eigenvalue weighted by atomic mass is 16.2. The Labute approximate surface area is 80.5 Å². The van der Waals surface area contributed by atoms with Gasteiger partial charge in [-0.15, -0.1) is 0 Å². The fourth-order valence-corrected chi connectivity index (χ4v) is 1.37. The normalized spacial score (nSPS) is 10.4. The van der Waals surface area contributed by atoms with Crippen LogP contribution in [0.1, 0.15) is 10.4 Å². The second-order valence-electron chi connectivity index (χ2n) is 3.02. The van der Waals surface area contributed by atoms with E-state index in [1.165, 1.54) is 0 Å². The Hall–Kier alpha value is -1.88. The van der Waals surface area contributed by atoms with Crippen molar-refractivity contribution >= 4 is 16.8 Å². The number of nitrogen functional groups attached to an aromatic ring is 1. The van der Waals surface area contributed by atoms with Crippen molar-refractivity contribution in [2.24, 2.45) is 12.9 Å². The molecule has 0 saturated carbocycles.